The first kappa shape index (κ1) is 17.0. The van der Waals surface area contributed by atoms with Gasteiger partial charge in [0.25, 0.3) is 0 Å². The number of likely N-dealkylation sites (N-methyl/N-ethyl adjacent to an activating group) is 1. The van der Waals surface area contributed by atoms with E-state index in [0.717, 1.165) is 10.2 Å². The van der Waals surface area contributed by atoms with E-state index in [9.17, 15) is 9.18 Å². The van der Waals surface area contributed by atoms with Crippen molar-refractivity contribution in [1.82, 2.24) is 19.3 Å². The van der Waals surface area contributed by atoms with Gasteiger partial charge in [0.1, 0.15) is 22.2 Å². The minimum atomic E-state index is -0.308. The smallest absolute Gasteiger partial charge is 0.244 e. The molecule has 0 radical (unpaired) electrons. The highest BCUT2D eigenvalue weighted by molar-refractivity contribution is 9.10. The zero-order valence-electron chi connectivity index (χ0n) is 14.4. The van der Waals surface area contributed by atoms with Crippen molar-refractivity contribution in [1.29, 1.82) is 0 Å². The Hall–Kier alpha value is -2.48. The molecule has 0 bridgehead atoms. The lowest BCUT2D eigenvalue weighted by Gasteiger charge is -2.38. The molecule has 1 unspecified atom stereocenters. The largest absolute Gasteiger partial charge is 0.342 e. The van der Waals surface area contributed by atoms with Crippen molar-refractivity contribution in [2.75, 3.05) is 25.0 Å². The predicted octanol–water partition coefficient (Wildman–Crippen LogP) is 2.96. The summed E-state index contributed by atoms with van der Waals surface area (Å²) < 4.78 is 15.9. The van der Waals surface area contributed by atoms with E-state index < -0.39 is 0 Å². The first-order valence-corrected chi connectivity index (χ1v) is 9.07. The van der Waals surface area contributed by atoms with Crippen molar-refractivity contribution in [2.24, 2.45) is 0 Å². The summed E-state index contributed by atoms with van der Waals surface area (Å²) in [5, 5.41) is 0. The Morgan fingerprint density at radius 2 is 1.96 bits per heavy atom. The van der Waals surface area contributed by atoms with Gasteiger partial charge in [0, 0.05) is 38.1 Å². The van der Waals surface area contributed by atoms with Gasteiger partial charge in [-0.05, 0) is 47.1 Å². The fraction of sp³-hybridized carbons (Fsp3) is 0.278. The molecule has 0 aliphatic carbocycles. The molecule has 1 amide bonds. The average Bonchev–Trinajstić information content (AvgIpc) is 2.98. The van der Waals surface area contributed by atoms with Crippen molar-refractivity contribution < 1.29 is 9.18 Å². The molecule has 26 heavy (non-hydrogen) atoms. The fourth-order valence-corrected chi connectivity index (χ4v) is 3.84. The van der Waals surface area contributed by atoms with Crippen LogP contribution in [0.5, 0.6) is 0 Å². The van der Waals surface area contributed by atoms with Crippen LogP contribution in [0, 0.1) is 5.82 Å². The van der Waals surface area contributed by atoms with Crippen molar-refractivity contribution in [3.63, 3.8) is 0 Å². The Balaban J connectivity index is 1.84. The monoisotopic (exact) mass is 417 g/mol. The summed E-state index contributed by atoms with van der Waals surface area (Å²) in [6.45, 7) is 3.20. The molecule has 3 heterocycles. The van der Waals surface area contributed by atoms with Gasteiger partial charge in [-0.1, -0.05) is 0 Å². The molecule has 0 saturated carbocycles. The number of rotatable bonds is 2. The second-order valence-corrected chi connectivity index (χ2v) is 7.08. The number of halogens is 2. The van der Waals surface area contributed by atoms with Crippen molar-refractivity contribution in [3.8, 4) is 11.3 Å². The summed E-state index contributed by atoms with van der Waals surface area (Å²) in [7, 11) is 1.81. The van der Waals surface area contributed by atoms with Gasteiger partial charge < -0.3 is 9.80 Å². The zero-order chi connectivity index (χ0) is 18.4. The Bertz CT molecular complexity index is 987. The van der Waals surface area contributed by atoms with E-state index in [0.29, 0.717) is 30.2 Å². The van der Waals surface area contributed by atoms with Crippen LogP contribution in [0.25, 0.3) is 16.9 Å². The highest BCUT2D eigenvalue weighted by Gasteiger charge is 2.32. The molecule has 1 aliphatic heterocycles. The first-order valence-electron chi connectivity index (χ1n) is 8.27. The molecule has 0 N–H and O–H groups in total. The van der Waals surface area contributed by atoms with E-state index >= 15 is 0 Å². The standard InChI is InChI=1S/C18H17BrFN5O/c1-11-18(26)23(2)9-10-24(11)16-17-22-14(12-3-5-13(20)6-4-12)15(19)25(17)8-7-21-16/h3-8,11H,9-10H2,1-2H3. The lowest BCUT2D eigenvalue weighted by Crippen LogP contribution is -2.54. The van der Waals surface area contributed by atoms with Crippen molar-refractivity contribution in [3.05, 3.63) is 47.1 Å². The van der Waals surface area contributed by atoms with E-state index in [1.807, 2.05) is 29.5 Å². The van der Waals surface area contributed by atoms with Crippen LogP contribution in [0.15, 0.2) is 41.3 Å². The van der Waals surface area contributed by atoms with Gasteiger partial charge in [-0.25, -0.2) is 14.4 Å². The summed E-state index contributed by atoms with van der Waals surface area (Å²) >= 11 is 3.59. The number of hydrogen-bond acceptors (Lipinski definition) is 4. The Morgan fingerprint density at radius 1 is 1.23 bits per heavy atom. The van der Waals surface area contributed by atoms with Crippen molar-refractivity contribution in [2.45, 2.75) is 13.0 Å². The number of imidazole rings is 1. The predicted molar refractivity (Wildman–Crippen MR) is 101 cm³/mol. The molecular weight excluding hydrogens is 401 g/mol. The average molecular weight is 418 g/mol. The molecule has 3 aromatic rings. The van der Waals surface area contributed by atoms with Crippen LogP contribution in [-0.4, -0.2) is 51.4 Å². The molecule has 6 nitrogen and oxygen atoms in total. The Morgan fingerprint density at radius 3 is 2.69 bits per heavy atom. The lowest BCUT2D eigenvalue weighted by atomic mass is 10.2. The highest BCUT2D eigenvalue weighted by atomic mass is 79.9. The van der Waals surface area contributed by atoms with Crippen LogP contribution in [0.3, 0.4) is 0 Å². The summed E-state index contributed by atoms with van der Waals surface area (Å²) in [4.78, 5) is 25.3. The molecule has 1 saturated heterocycles. The maximum atomic E-state index is 13.2. The molecule has 4 rings (SSSR count). The van der Waals surface area contributed by atoms with Crippen LogP contribution >= 0.6 is 15.9 Å². The number of piperazine rings is 1. The Labute approximate surface area is 158 Å². The molecule has 1 aromatic carbocycles. The second-order valence-electron chi connectivity index (χ2n) is 6.33. The van der Waals surface area contributed by atoms with E-state index in [2.05, 4.69) is 20.9 Å². The molecule has 1 aliphatic rings. The highest BCUT2D eigenvalue weighted by Crippen LogP contribution is 2.32. The minimum Gasteiger partial charge on any atom is -0.342 e. The normalized spacial score (nSPS) is 18.0. The van der Waals surface area contributed by atoms with E-state index in [4.69, 9.17) is 4.98 Å². The van der Waals surface area contributed by atoms with Crippen molar-refractivity contribution >= 4 is 33.3 Å². The van der Waals surface area contributed by atoms with Gasteiger partial charge in [0.05, 0.1) is 0 Å². The molecule has 134 valence electrons. The van der Waals surface area contributed by atoms with Gasteiger partial charge in [-0.3, -0.25) is 9.20 Å². The molecule has 2 aromatic heterocycles. The number of fused-ring (bicyclic) bond motifs is 1. The summed E-state index contributed by atoms with van der Waals surface area (Å²) in [5.41, 5.74) is 2.16. The molecule has 1 fully saturated rings. The lowest BCUT2D eigenvalue weighted by molar-refractivity contribution is -0.132. The fourth-order valence-electron chi connectivity index (χ4n) is 3.23. The number of carbonyl (C=O) groups is 1. The third-order valence-electron chi connectivity index (χ3n) is 4.73. The third-order valence-corrected chi connectivity index (χ3v) is 5.49. The minimum absolute atomic E-state index is 0.0597. The third kappa shape index (κ3) is 2.65. The Kier molecular flexibility index (Phi) is 4.14. The SMILES string of the molecule is CC1C(=O)N(C)CCN1c1nccn2c(Br)c(-c3ccc(F)cc3)nc12. The van der Waals surface area contributed by atoms with E-state index in [1.165, 1.54) is 12.1 Å². The van der Waals surface area contributed by atoms with Gasteiger partial charge in [-0.15, -0.1) is 0 Å². The van der Waals surface area contributed by atoms with E-state index in [-0.39, 0.29) is 17.8 Å². The summed E-state index contributed by atoms with van der Waals surface area (Å²) in [5.74, 6) is 0.431. The number of aromatic nitrogens is 3. The number of amides is 1. The summed E-state index contributed by atoms with van der Waals surface area (Å²) in [6.07, 6.45) is 3.50. The first-order chi connectivity index (χ1) is 12.5. The number of nitrogens with zero attached hydrogens (tertiary/aromatic N) is 5. The quantitative estimate of drug-likeness (QED) is 0.642. The number of anilines is 1. The van der Waals surface area contributed by atoms with Gasteiger partial charge in [0.2, 0.25) is 5.91 Å². The molecule has 8 heteroatoms. The van der Waals surface area contributed by atoms with Crippen LogP contribution in [0.1, 0.15) is 6.92 Å². The summed E-state index contributed by atoms with van der Waals surface area (Å²) in [6, 6.07) is 5.89. The van der Waals surface area contributed by atoms with Crippen LogP contribution in [-0.2, 0) is 4.79 Å². The number of carbonyl (C=O) groups excluding carboxylic acids is 1. The van der Waals surface area contributed by atoms with Gasteiger partial charge in [-0.2, -0.15) is 0 Å². The van der Waals surface area contributed by atoms with Crippen LogP contribution in [0.4, 0.5) is 10.2 Å². The van der Waals surface area contributed by atoms with Gasteiger partial charge >= 0.3 is 0 Å². The maximum absolute atomic E-state index is 13.2. The van der Waals surface area contributed by atoms with Crippen LogP contribution in [0.2, 0.25) is 0 Å². The topological polar surface area (TPSA) is 53.7 Å². The second kappa shape index (κ2) is 6.35. The maximum Gasteiger partial charge on any atom is 0.244 e. The zero-order valence-corrected chi connectivity index (χ0v) is 15.9. The number of benzene rings is 1. The molecule has 1 atom stereocenters. The number of hydrogen-bond donors (Lipinski definition) is 0. The van der Waals surface area contributed by atoms with E-state index in [1.54, 1.807) is 23.2 Å². The molecule has 0 spiro atoms. The molecular formula is C18H17BrFN5O. The van der Waals surface area contributed by atoms with Gasteiger partial charge in [0.15, 0.2) is 11.5 Å². The van der Waals surface area contributed by atoms with Crippen LogP contribution < -0.4 is 4.90 Å².